The molecule has 1 aromatic rings. The third-order valence-electron chi connectivity index (χ3n) is 3.24. The standard InChI is InChI=1S/C12H12N2O4/c1-12-5-8(13-11(17)14-12)7-4-6(10(15)16)2-3-9(7)18-12/h2-4,8H,5H2,1H3,(H,15,16)(H2,13,14,17)/t8-,12+/m1/s1. The van der Waals surface area contributed by atoms with E-state index in [-0.39, 0.29) is 17.6 Å². The van der Waals surface area contributed by atoms with Gasteiger partial charge in [-0.2, -0.15) is 0 Å². The van der Waals surface area contributed by atoms with Crippen molar-refractivity contribution in [2.45, 2.75) is 25.1 Å². The molecule has 3 N–H and O–H groups in total. The van der Waals surface area contributed by atoms with Crippen molar-refractivity contribution >= 4 is 12.0 Å². The van der Waals surface area contributed by atoms with Crippen molar-refractivity contribution in [3.05, 3.63) is 29.3 Å². The molecule has 1 saturated heterocycles. The lowest BCUT2D eigenvalue weighted by Crippen LogP contribution is -2.62. The highest BCUT2D eigenvalue weighted by Gasteiger charge is 2.43. The Morgan fingerprint density at radius 1 is 1.56 bits per heavy atom. The predicted octanol–water partition coefficient (Wildman–Crippen LogP) is 1.24. The fraction of sp³-hybridized carbons (Fsp3) is 0.333. The zero-order chi connectivity index (χ0) is 12.9. The molecule has 2 bridgehead atoms. The summed E-state index contributed by atoms with van der Waals surface area (Å²) in [6.45, 7) is 1.80. The van der Waals surface area contributed by atoms with Crippen molar-refractivity contribution in [1.29, 1.82) is 0 Å². The maximum absolute atomic E-state index is 11.5. The Morgan fingerprint density at radius 3 is 3.06 bits per heavy atom. The smallest absolute Gasteiger partial charge is 0.335 e. The molecule has 2 amide bonds. The minimum Gasteiger partial charge on any atom is -0.478 e. The highest BCUT2D eigenvalue weighted by Crippen LogP contribution is 2.40. The maximum atomic E-state index is 11.5. The molecule has 0 aliphatic carbocycles. The molecule has 2 aliphatic heterocycles. The molecule has 18 heavy (non-hydrogen) atoms. The van der Waals surface area contributed by atoms with Gasteiger partial charge in [-0.1, -0.05) is 0 Å². The van der Waals surface area contributed by atoms with Crippen LogP contribution in [0.4, 0.5) is 4.79 Å². The summed E-state index contributed by atoms with van der Waals surface area (Å²) in [4.78, 5) is 22.4. The average Bonchev–Trinajstić information content (AvgIpc) is 2.26. The summed E-state index contributed by atoms with van der Waals surface area (Å²) in [6.07, 6.45) is 0.564. The first-order valence-electron chi connectivity index (χ1n) is 5.62. The normalized spacial score (nSPS) is 28.5. The number of carbonyl (C=O) groups is 2. The molecule has 2 heterocycles. The number of aromatic carboxylic acids is 1. The van der Waals surface area contributed by atoms with E-state index in [1.165, 1.54) is 6.07 Å². The van der Waals surface area contributed by atoms with Crippen molar-refractivity contribution < 1.29 is 19.4 Å². The Balaban J connectivity index is 2.08. The van der Waals surface area contributed by atoms with E-state index >= 15 is 0 Å². The van der Waals surface area contributed by atoms with Gasteiger partial charge in [-0.3, -0.25) is 0 Å². The predicted molar refractivity (Wildman–Crippen MR) is 61.5 cm³/mol. The largest absolute Gasteiger partial charge is 0.478 e. The van der Waals surface area contributed by atoms with E-state index in [0.717, 1.165) is 0 Å². The lowest BCUT2D eigenvalue weighted by molar-refractivity contribution is 0.0119. The van der Waals surface area contributed by atoms with Crippen LogP contribution < -0.4 is 15.4 Å². The van der Waals surface area contributed by atoms with Crippen LogP contribution in [0.1, 0.15) is 35.3 Å². The molecule has 2 atom stereocenters. The van der Waals surface area contributed by atoms with Gasteiger partial charge in [0.2, 0.25) is 0 Å². The molecule has 0 unspecified atom stereocenters. The molecule has 3 rings (SSSR count). The van der Waals surface area contributed by atoms with Gasteiger partial charge in [0.15, 0.2) is 5.72 Å². The zero-order valence-electron chi connectivity index (χ0n) is 9.69. The first-order chi connectivity index (χ1) is 8.47. The first kappa shape index (κ1) is 10.9. The summed E-state index contributed by atoms with van der Waals surface area (Å²) in [5.41, 5.74) is 0.168. The molecule has 94 valence electrons. The summed E-state index contributed by atoms with van der Waals surface area (Å²) in [7, 11) is 0. The second-order valence-corrected chi connectivity index (χ2v) is 4.75. The van der Waals surface area contributed by atoms with Gasteiger partial charge in [0.25, 0.3) is 0 Å². The highest BCUT2D eigenvalue weighted by molar-refractivity contribution is 5.88. The fourth-order valence-corrected chi connectivity index (χ4v) is 2.47. The SMILES string of the molecule is C[C@]12C[C@@H](NC(=O)N1)c1cc(C(=O)O)ccc1O2. The van der Waals surface area contributed by atoms with E-state index in [4.69, 9.17) is 9.84 Å². The minimum atomic E-state index is -0.994. The van der Waals surface area contributed by atoms with Crippen LogP contribution in [-0.2, 0) is 0 Å². The van der Waals surface area contributed by atoms with Crippen LogP contribution in [-0.4, -0.2) is 22.8 Å². The van der Waals surface area contributed by atoms with Gasteiger partial charge in [-0.05, 0) is 25.1 Å². The molecule has 1 fully saturated rings. The van der Waals surface area contributed by atoms with E-state index in [0.29, 0.717) is 17.7 Å². The quantitative estimate of drug-likeness (QED) is 0.697. The second kappa shape index (κ2) is 3.38. The van der Waals surface area contributed by atoms with Gasteiger partial charge in [-0.25, -0.2) is 9.59 Å². The number of fused-ring (bicyclic) bond motifs is 4. The van der Waals surface area contributed by atoms with Gasteiger partial charge in [-0.15, -0.1) is 0 Å². The number of nitrogens with one attached hydrogen (secondary N) is 2. The highest BCUT2D eigenvalue weighted by atomic mass is 16.5. The topological polar surface area (TPSA) is 87.7 Å². The van der Waals surface area contributed by atoms with Gasteiger partial charge >= 0.3 is 12.0 Å². The summed E-state index contributed by atoms with van der Waals surface area (Å²) < 4.78 is 5.73. The number of benzene rings is 1. The van der Waals surface area contributed by atoms with E-state index < -0.39 is 11.7 Å². The van der Waals surface area contributed by atoms with Gasteiger partial charge in [0, 0.05) is 12.0 Å². The van der Waals surface area contributed by atoms with E-state index in [2.05, 4.69) is 10.6 Å². The lowest BCUT2D eigenvalue weighted by atomic mass is 9.91. The monoisotopic (exact) mass is 248 g/mol. The Labute approximate surface area is 103 Å². The number of hydrogen-bond donors (Lipinski definition) is 3. The second-order valence-electron chi connectivity index (χ2n) is 4.75. The van der Waals surface area contributed by atoms with Gasteiger partial charge < -0.3 is 20.5 Å². The molecule has 1 aromatic carbocycles. The van der Waals surface area contributed by atoms with Crippen molar-refractivity contribution in [2.75, 3.05) is 0 Å². The molecular weight excluding hydrogens is 236 g/mol. The number of ether oxygens (including phenoxy) is 1. The summed E-state index contributed by atoms with van der Waals surface area (Å²) >= 11 is 0. The van der Waals surface area contributed by atoms with Gasteiger partial charge in [0.05, 0.1) is 11.6 Å². The molecule has 6 heteroatoms. The number of carboxylic acid groups (broad SMARTS) is 1. The van der Waals surface area contributed by atoms with Crippen LogP contribution in [0.3, 0.4) is 0 Å². The number of urea groups is 1. The van der Waals surface area contributed by atoms with Crippen molar-refractivity contribution in [3.8, 4) is 5.75 Å². The molecular formula is C12H12N2O4. The fourth-order valence-electron chi connectivity index (χ4n) is 2.47. The van der Waals surface area contributed by atoms with Crippen molar-refractivity contribution in [2.24, 2.45) is 0 Å². The van der Waals surface area contributed by atoms with E-state index in [1.54, 1.807) is 19.1 Å². The number of carboxylic acids is 1. The number of rotatable bonds is 1. The Hall–Kier alpha value is -2.24. The van der Waals surface area contributed by atoms with Crippen LogP contribution in [0.15, 0.2) is 18.2 Å². The lowest BCUT2D eigenvalue weighted by Gasteiger charge is -2.44. The summed E-state index contributed by atoms with van der Waals surface area (Å²) in [5, 5.41) is 14.5. The molecule has 0 spiro atoms. The third-order valence-corrected chi connectivity index (χ3v) is 3.24. The molecule has 0 radical (unpaired) electrons. The van der Waals surface area contributed by atoms with Gasteiger partial charge in [0.1, 0.15) is 5.75 Å². The van der Waals surface area contributed by atoms with Crippen LogP contribution in [0.5, 0.6) is 5.75 Å². The number of hydrogen-bond acceptors (Lipinski definition) is 3. The van der Waals surface area contributed by atoms with E-state index in [1.807, 2.05) is 0 Å². The summed E-state index contributed by atoms with van der Waals surface area (Å²) in [5.74, 6) is -0.391. The molecule has 6 nitrogen and oxygen atoms in total. The number of carbonyl (C=O) groups excluding carboxylic acids is 1. The first-order valence-corrected chi connectivity index (χ1v) is 5.62. The Kier molecular flexibility index (Phi) is 2.04. The zero-order valence-corrected chi connectivity index (χ0v) is 9.69. The molecule has 0 aromatic heterocycles. The van der Waals surface area contributed by atoms with Crippen LogP contribution in [0.2, 0.25) is 0 Å². The van der Waals surface area contributed by atoms with Crippen molar-refractivity contribution in [3.63, 3.8) is 0 Å². The third kappa shape index (κ3) is 1.57. The molecule has 2 aliphatic rings. The molecule has 0 saturated carbocycles. The number of amides is 2. The van der Waals surface area contributed by atoms with Crippen LogP contribution in [0, 0.1) is 0 Å². The van der Waals surface area contributed by atoms with Crippen LogP contribution in [0.25, 0.3) is 0 Å². The minimum absolute atomic E-state index is 0.189. The van der Waals surface area contributed by atoms with Crippen LogP contribution >= 0.6 is 0 Å². The average molecular weight is 248 g/mol. The van der Waals surface area contributed by atoms with E-state index in [9.17, 15) is 9.59 Å². The Bertz CT molecular complexity index is 557. The maximum Gasteiger partial charge on any atom is 0.335 e. The summed E-state index contributed by atoms with van der Waals surface area (Å²) in [6, 6.07) is 4.15. The Morgan fingerprint density at radius 2 is 2.33 bits per heavy atom. The van der Waals surface area contributed by atoms with Crippen molar-refractivity contribution in [1.82, 2.24) is 10.6 Å².